The van der Waals surface area contributed by atoms with Crippen molar-refractivity contribution in [1.82, 2.24) is 0 Å². The van der Waals surface area contributed by atoms with Gasteiger partial charge in [-0.15, -0.1) is 0 Å². The van der Waals surface area contributed by atoms with Crippen LogP contribution >= 0.6 is 0 Å². The van der Waals surface area contributed by atoms with Gasteiger partial charge in [-0.25, -0.2) is 0 Å². The number of ketones is 1. The molecule has 7 saturated carbocycles. The fourth-order valence-corrected chi connectivity index (χ4v) is 10.8. The molecule has 10 atom stereocenters. The second-order valence-corrected chi connectivity index (χ2v) is 11.8. The van der Waals surface area contributed by atoms with E-state index in [1.807, 2.05) is 0 Å². The molecule has 0 radical (unpaired) electrons. The molecule has 2 spiro atoms. The minimum Gasteiger partial charge on any atom is -0.299 e. The minimum atomic E-state index is 0.315. The first-order chi connectivity index (χ1) is 13.4. The van der Waals surface area contributed by atoms with E-state index < -0.39 is 0 Å². The van der Waals surface area contributed by atoms with Gasteiger partial charge >= 0.3 is 0 Å². The molecule has 0 N–H and O–H groups in total. The standard InChI is InChI=1S/C27H32O/c1-13-7-14(2)23-19-9-17(22(13)23)11-26(19)5-6-27(16(26)4)12-18-10-20(27)24-15(3)8-21(28)25(18)24/h17-20,22-25H,1-12H2. The van der Waals surface area contributed by atoms with Gasteiger partial charge in [0.1, 0.15) is 5.78 Å². The van der Waals surface area contributed by atoms with Crippen molar-refractivity contribution in [2.24, 2.45) is 58.2 Å². The second-order valence-electron chi connectivity index (χ2n) is 11.8. The molecule has 0 saturated heterocycles. The van der Waals surface area contributed by atoms with E-state index in [2.05, 4.69) is 19.7 Å². The molecule has 146 valence electrons. The number of allylic oxidation sites excluding steroid dienone is 4. The Morgan fingerprint density at radius 2 is 1.18 bits per heavy atom. The summed E-state index contributed by atoms with van der Waals surface area (Å²) in [5, 5.41) is 0. The van der Waals surface area contributed by atoms with Crippen LogP contribution in [0.4, 0.5) is 0 Å². The summed E-state index contributed by atoms with van der Waals surface area (Å²) < 4.78 is 0. The van der Waals surface area contributed by atoms with Gasteiger partial charge in [-0.05, 0) is 97.2 Å². The van der Waals surface area contributed by atoms with Crippen molar-refractivity contribution in [1.29, 1.82) is 0 Å². The summed E-state index contributed by atoms with van der Waals surface area (Å²) in [6.45, 7) is 18.2. The van der Waals surface area contributed by atoms with Gasteiger partial charge in [-0.2, -0.15) is 0 Å². The zero-order valence-corrected chi connectivity index (χ0v) is 17.0. The SMILES string of the molecule is C=C1CC(=C)C2C1C1CC2C2(CCC3(CC4CC3C3C(=C)CC(=O)C43)C2=C)C1. The van der Waals surface area contributed by atoms with Gasteiger partial charge in [0, 0.05) is 12.3 Å². The summed E-state index contributed by atoms with van der Waals surface area (Å²) in [6, 6.07) is 0. The molecule has 0 aliphatic heterocycles. The molecule has 28 heavy (non-hydrogen) atoms. The van der Waals surface area contributed by atoms with Crippen molar-refractivity contribution in [2.75, 3.05) is 0 Å². The molecule has 7 aliphatic carbocycles. The van der Waals surface area contributed by atoms with Crippen molar-refractivity contribution >= 4 is 5.78 Å². The molecule has 0 aromatic carbocycles. The van der Waals surface area contributed by atoms with Crippen molar-refractivity contribution < 1.29 is 4.79 Å². The Morgan fingerprint density at radius 1 is 0.679 bits per heavy atom. The fourth-order valence-electron chi connectivity index (χ4n) is 10.8. The Kier molecular flexibility index (Phi) is 2.75. The lowest BCUT2D eigenvalue weighted by Gasteiger charge is -2.47. The number of carbonyl (C=O) groups excluding carboxylic acids is 1. The van der Waals surface area contributed by atoms with Crippen LogP contribution in [0.2, 0.25) is 0 Å². The lowest BCUT2D eigenvalue weighted by atomic mass is 9.56. The predicted octanol–water partition coefficient (Wildman–Crippen LogP) is 5.90. The molecule has 1 heteroatoms. The first-order valence-electron chi connectivity index (χ1n) is 11.6. The van der Waals surface area contributed by atoms with Gasteiger partial charge in [0.15, 0.2) is 0 Å². The fraction of sp³-hybridized carbons (Fsp3) is 0.667. The van der Waals surface area contributed by atoms with Crippen LogP contribution in [-0.4, -0.2) is 5.78 Å². The zero-order chi connectivity index (χ0) is 19.2. The van der Waals surface area contributed by atoms with Gasteiger partial charge in [-0.3, -0.25) is 4.79 Å². The monoisotopic (exact) mass is 372 g/mol. The highest BCUT2D eigenvalue weighted by Gasteiger charge is 2.73. The average Bonchev–Trinajstić information content (AvgIpc) is 3.46. The van der Waals surface area contributed by atoms with Crippen molar-refractivity contribution in [3.63, 3.8) is 0 Å². The summed E-state index contributed by atoms with van der Waals surface area (Å²) in [4.78, 5) is 12.6. The van der Waals surface area contributed by atoms with Crippen molar-refractivity contribution in [3.8, 4) is 0 Å². The number of Topliss-reactive ketones (excluding diaryl/α,β-unsaturated/α-hetero) is 1. The molecule has 7 fully saturated rings. The summed E-state index contributed by atoms with van der Waals surface area (Å²) in [5.41, 5.74) is 6.50. The highest BCUT2D eigenvalue weighted by Crippen LogP contribution is 2.80. The summed E-state index contributed by atoms with van der Waals surface area (Å²) in [6.07, 6.45) is 9.66. The Bertz CT molecular complexity index is 833. The molecule has 7 aliphatic rings. The van der Waals surface area contributed by atoms with Crippen LogP contribution < -0.4 is 0 Å². The minimum absolute atomic E-state index is 0.315. The average molecular weight is 373 g/mol. The van der Waals surface area contributed by atoms with E-state index in [9.17, 15) is 4.79 Å². The lowest BCUT2D eigenvalue weighted by molar-refractivity contribution is -0.123. The van der Waals surface area contributed by atoms with Crippen LogP contribution in [0.3, 0.4) is 0 Å². The Hall–Kier alpha value is -1.37. The van der Waals surface area contributed by atoms with Crippen LogP contribution in [0.5, 0.6) is 0 Å². The van der Waals surface area contributed by atoms with Crippen molar-refractivity contribution in [2.45, 2.75) is 51.4 Å². The van der Waals surface area contributed by atoms with Gasteiger partial charge in [0.05, 0.1) is 0 Å². The van der Waals surface area contributed by atoms with Gasteiger partial charge in [0.2, 0.25) is 0 Å². The Balaban J connectivity index is 1.27. The van der Waals surface area contributed by atoms with Crippen LogP contribution in [0.1, 0.15) is 51.4 Å². The Labute approximate surface area is 169 Å². The third-order valence-electron chi connectivity index (χ3n) is 11.3. The second kappa shape index (κ2) is 4.68. The maximum atomic E-state index is 12.6. The van der Waals surface area contributed by atoms with Gasteiger partial charge in [0.25, 0.3) is 0 Å². The van der Waals surface area contributed by atoms with Crippen molar-refractivity contribution in [3.05, 3.63) is 48.6 Å². The van der Waals surface area contributed by atoms with E-state index in [0.29, 0.717) is 52.6 Å². The maximum Gasteiger partial charge on any atom is 0.140 e. The van der Waals surface area contributed by atoms with Gasteiger partial charge in [-0.1, -0.05) is 48.6 Å². The molecule has 0 aromatic rings. The first-order valence-corrected chi connectivity index (χ1v) is 11.6. The molecule has 0 amide bonds. The molecule has 7 rings (SSSR count). The highest BCUT2D eigenvalue weighted by atomic mass is 16.1. The number of hydrogen-bond acceptors (Lipinski definition) is 1. The van der Waals surface area contributed by atoms with Crippen LogP contribution in [0.25, 0.3) is 0 Å². The summed E-state index contributed by atoms with van der Waals surface area (Å²) >= 11 is 0. The highest BCUT2D eigenvalue weighted by molar-refractivity contribution is 5.88. The molecule has 10 unspecified atom stereocenters. The Morgan fingerprint density at radius 3 is 1.82 bits per heavy atom. The number of carbonyl (C=O) groups is 1. The van der Waals surface area contributed by atoms with E-state index in [1.165, 1.54) is 55.2 Å². The lowest BCUT2D eigenvalue weighted by Crippen LogP contribution is -2.41. The predicted molar refractivity (Wildman–Crippen MR) is 111 cm³/mol. The van der Waals surface area contributed by atoms with E-state index in [-0.39, 0.29) is 0 Å². The molecule has 0 aromatic heterocycles. The zero-order valence-electron chi connectivity index (χ0n) is 17.0. The quantitative estimate of drug-likeness (QED) is 0.484. The van der Waals surface area contributed by atoms with E-state index >= 15 is 0 Å². The molecule has 4 bridgehead atoms. The number of fused-ring (bicyclic) bond motifs is 12. The van der Waals surface area contributed by atoms with Crippen LogP contribution in [0, 0.1) is 58.2 Å². The molecule has 1 nitrogen and oxygen atoms in total. The van der Waals surface area contributed by atoms with Crippen LogP contribution in [0.15, 0.2) is 48.6 Å². The largest absolute Gasteiger partial charge is 0.299 e. The number of rotatable bonds is 0. The molecular weight excluding hydrogens is 340 g/mol. The topological polar surface area (TPSA) is 17.1 Å². The van der Waals surface area contributed by atoms with E-state index in [4.69, 9.17) is 6.58 Å². The third kappa shape index (κ3) is 1.50. The third-order valence-corrected chi connectivity index (χ3v) is 11.3. The van der Waals surface area contributed by atoms with E-state index in [0.717, 1.165) is 24.2 Å². The van der Waals surface area contributed by atoms with E-state index in [1.54, 1.807) is 5.57 Å². The number of hydrogen-bond donors (Lipinski definition) is 0. The summed E-state index contributed by atoms with van der Waals surface area (Å²) in [7, 11) is 0. The normalized spacial score (nSPS) is 58.2. The summed E-state index contributed by atoms with van der Waals surface area (Å²) in [5.74, 6) is 5.56. The van der Waals surface area contributed by atoms with Gasteiger partial charge < -0.3 is 0 Å². The maximum absolute atomic E-state index is 12.6. The smallest absolute Gasteiger partial charge is 0.140 e. The first kappa shape index (κ1) is 16.4. The molecule has 0 heterocycles. The molecular formula is C27H32O. The van der Waals surface area contributed by atoms with Crippen LogP contribution in [-0.2, 0) is 4.79 Å².